The Morgan fingerprint density at radius 3 is 1.96 bits per heavy atom. The molecule has 0 fully saturated rings. The van der Waals surface area contributed by atoms with Crippen LogP contribution in [-0.4, -0.2) is 0 Å². The topological polar surface area (TPSA) is 0 Å². The van der Waals surface area contributed by atoms with Crippen LogP contribution in [0.1, 0.15) is 0 Å². The van der Waals surface area contributed by atoms with Crippen LogP contribution in [0.3, 0.4) is 0 Å². The molecule has 0 saturated heterocycles. The second-order valence-electron chi connectivity index (χ2n) is 7.78. The molecule has 7 rings (SSSR count). The summed E-state index contributed by atoms with van der Waals surface area (Å²) in [5.74, 6) is 0. The van der Waals surface area contributed by atoms with E-state index in [4.69, 9.17) is 0 Å². The van der Waals surface area contributed by atoms with Gasteiger partial charge in [-0.05, 0) is 83.5 Å². The zero-order valence-corrected chi connectivity index (χ0v) is 15.2. The molecule has 0 bridgehead atoms. The first-order valence-corrected chi connectivity index (χ1v) is 9.79. The minimum atomic E-state index is 1.30. The van der Waals surface area contributed by atoms with Crippen molar-refractivity contribution >= 4 is 43.1 Å². The third-order valence-corrected chi connectivity index (χ3v) is 6.33. The van der Waals surface area contributed by atoms with Gasteiger partial charge in [0.15, 0.2) is 0 Å². The smallest absolute Gasteiger partial charge is 0.00197 e. The normalized spacial score (nSPS) is 12.3. The van der Waals surface area contributed by atoms with E-state index in [-0.39, 0.29) is 0 Å². The lowest BCUT2D eigenvalue weighted by molar-refractivity contribution is 1.75. The summed E-state index contributed by atoms with van der Waals surface area (Å²) in [6.45, 7) is 0. The van der Waals surface area contributed by atoms with Crippen LogP contribution in [0, 0.1) is 0 Å². The molecule has 1 aliphatic carbocycles. The van der Waals surface area contributed by atoms with E-state index in [1.165, 1.54) is 65.3 Å². The summed E-state index contributed by atoms with van der Waals surface area (Å²) in [6.07, 6.45) is 0. The molecule has 0 spiro atoms. The second-order valence-corrected chi connectivity index (χ2v) is 7.78. The van der Waals surface area contributed by atoms with Gasteiger partial charge >= 0.3 is 0 Å². The molecule has 0 aliphatic heterocycles. The molecule has 28 heavy (non-hydrogen) atoms. The van der Waals surface area contributed by atoms with Crippen LogP contribution in [0.5, 0.6) is 0 Å². The predicted octanol–water partition coefficient (Wildman–Crippen LogP) is 7.95. The van der Waals surface area contributed by atoms with E-state index in [2.05, 4.69) is 97.1 Å². The predicted molar refractivity (Wildman–Crippen MR) is 121 cm³/mol. The fraction of sp³-hybridized carbons (Fsp3) is 0. The Hall–Kier alpha value is -3.64. The van der Waals surface area contributed by atoms with Crippen molar-refractivity contribution in [2.24, 2.45) is 0 Å². The molecular weight excluding hydrogens is 336 g/mol. The molecule has 0 amide bonds. The zero-order chi connectivity index (χ0) is 18.2. The van der Waals surface area contributed by atoms with Crippen molar-refractivity contribution in [2.45, 2.75) is 0 Å². The first-order valence-electron chi connectivity index (χ1n) is 9.79. The highest BCUT2D eigenvalue weighted by molar-refractivity contribution is 6.27. The summed E-state index contributed by atoms with van der Waals surface area (Å²) in [4.78, 5) is 0. The van der Waals surface area contributed by atoms with E-state index in [0.717, 1.165) is 0 Å². The maximum atomic E-state index is 2.37. The summed E-state index contributed by atoms with van der Waals surface area (Å²) in [6, 6.07) is 35.8. The van der Waals surface area contributed by atoms with Crippen molar-refractivity contribution in [3.05, 3.63) is 97.1 Å². The van der Waals surface area contributed by atoms with Crippen LogP contribution in [0.2, 0.25) is 0 Å². The molecule has 0 unspecified atom stereocenters. The van der Waals surface area contributed by atoms with Gasteiger partial charge in [-0.3, -0.25) is 0 Å². The maximum Gasteiger partial charge on any atom is -0.00197 e. The molecule has 128 valence electrons. The largest absolute Gasteiger partial charge is 0.0616 e. The molecule has 0 nitrogen and oxygen atoms in total. The summed E-state index contributed by atoms with van der Waals surface area (Å²) < 4.78 is 0. The summed E-state index contributed by atoms with van der Waals surface area (Å²) >= 11 is 0. The number of benzene rings is 6. The minimum absolute atomic E-state index is 1.30. The van der Waals surface area contributed by atoms with Gasteiger partial charge in [0.25, 0.3) is 0 Å². The second kappa shape index (κ2) is 4.99. The van der Waals surface area contributed by atoms with E-state index < -0.39 is 0 Å². The van der Waals surface area contributed by atoms with Gasteiger partial charge < -0.3 is 0 Å². The minimum Gasteiger partial charge on any atom is -0.0616 e. The van der Waals surface area contributed by atoms with Crippen molar-refractivity contribution in [3.8, 4) is 22.3 Å². The Morgan fingerprint density at radius 2 is 1.07 bits per heavy atom. The van der Waals surface area contributed by atoms with Crippen molar-refractivity contribution in [3.63, 3.8) is 0 Å². The SMILES string of the molecule is c1ccc2cc3c4c(ccc3cc2c1)-c1cc2ccccc2c2cccc-4c12. The first-order chi connectivity index (χ1) is 13.9. The van der Waals surface area contributed by atoms with E-state index in [1.54, 1.807) is 0 Å². The molecule has 1 aliphatic rings. The lowest BCUT2D eigenvalue weighted by Gasteiger charge is -2.09. The van der Waals surface area contributed by atoms with Gasteiger partial charge in [-0.25, -0.2) is 0 Å². The quantitative estimate of drug-likeness (QED) is 0.192. The Balaban J connectivity index is 1.71. The molecule has 0 radical (unpaired) electrons. The number of hydrogen-bond acceptors (Lipinski definition) is 0. The molecule has 0 atom stereocenters. The number of fused-ring (bicyclic) bond motifs is 8. The summed E-state index contributed by atoms with van der Waals surface area (Å²) in [7, 11) is 0. The highest BCUT2D eigenvalue weighted by Crippen LogP contribution is 2.51. The number of hydrogen-bond donors (Lipinski definition) is 0. The Labute approximate surface area is 162 Å². The lowest BCUT2D eigenvalue weighted by Crippen LogP contribution is -1.82. The van der Waals surface area contributed by atoms with E-state index >= 15 is 0 Å². The molecule has 6 aromatic rings. The highest BCUT2D eigenvalue weighted by atomic mass is 14.3. The van der Waals surface area contributed by atoms with Crippen molar-refractivity contribution in [1.29, 1.82) is 0 Å². The van der Waals surface area contributed by atoms with Crippen molar-refractivity contribution < 1.29 is 0 Å². The van der Waals surface area contributed by atoms with E-state index in [1.807, 2.05) is 0 Å². The Kier molecular flexibility index (Phi) is 2.57. The van der Waals surface area contributed by atoms with Crippen LogP contribution in [0.4, 0.5) is 0 Å². The van der Waals surface area contributed by atoms with Crippen LogP contribution >= 0.6 is 0 Å². The average Bonchev–Trinajstić information content (AvgIpc) is 3.08. The van der Waals surface area contributed by atoms with Gasteiger partial charge in [-0.2, -0.15) is 0 Å². The molecule has 0 N–H and O–H groups in total. The summed E-state index contributed by atoms with van der Waals surface area (Å²) in [5.41, 5.74) is 5.49. The molecule has 0 aromatic heterocycles. The fourth-order valence-electron chi connectivity index (χ4n) is 5.11. The number of rotatable bonds is 0. The third-order valence-electron chi connectivity index (χ3n) is 6.33. The lowest BCUT2D eigenvalue weighted by atomic mass is 9.94. The van der Waals surface area contributed by atoms with Crippen LogP contribution in [0.15, 0.2) is 97.1 Å². The highest BCUT2D eigenvalue weighted by Gasteiger charge is 2.24. The first kappa shape index (κ1) is 14.4. The van der Waals surface area contributed by atoms with Crippen molar-refractivity contribution in [1.82, 2.24) is 0 Å². The average molecular weight is 352 g/mol. The molecule has 6 aromatic carbocycles. The van der Waals surface area contributed by atoms with Crippen LogP contribution in [0.25, 0.3) is 65.3 Å². The van der Waals surface area contributed by atoms with E-state index in [9.17, 15) is 0 Å². The zero-order valence-electron chi connectivity index (χ0n) is 15.2. The monoisotopic (exact) mass is 352 g/mol. The molecule has 0 saturated carbocycles. The van der Waals surface area contributed by atoms with E-state index in [0.29, 0.717) is 0 Å². The van der Waals surface area contributed by atoms with Gasteiger partial charge in [0.05, 0.1) is 0 Å². The van der Waals surface area contributed by atoms with Crippen LogP contribution in [-0.2, 0) is 0 Å². The van der Waals surface area contributed by atoms with Crippen molar-refractivity contribution in [2.75, 3.05) is 0 Å². The molecule has 0 heterocycles. The third kappa shape index (κ3) is 1.70. The van der Waals surface area contributed by atoms with Gasteiger partial charge in [0.2, 0.25) is 0 Å². The Bertz CT molecular complexity index is 1600. The fourth-order valence-corrected chi connectivity index (χ4v) is 5.11. The van der Waals surface area contributed by atoms with Gasteiger partial charge in [-0.1, -0.05) is 78.9 Å². The maximum absolute atomic E-state index is 2.37. The van der Waals surface area contributed by atoms with Gasteiger partial charge in [0, 0.05) is 0 Å². The van der Waals surface area contributed by atoms with Crippen LogP contribution < -0.4 is 0 Å². The standard InChI is InChI=1S/C28H16/c1-2-7-18-15-25-20(14-17(18)6-1)12-13-23-26-16-19-8-3-4-9-21(19)22-10-5-11-24(27(23)25)28(22)26/h1-16H. The van der Waals surface area contributed by atoms with Gasteiger partial charge in [0.1, 0.15) is 0 Å². The molecular formula is C28H16. The van der Waals surface area contributed by atoms with Gasteiger partial charge in [-0.15, -0.1) is 0 Å². The molecule has 0 heteroatoms. The Morgan fingerprint density at radius 1 is 0.357 bits per heavy atom. The summed E-state index contributed by atoms with van der Waals surface area (Å²) in [5, 5.41) is 10.7.